The van der Waals surface area contributed by atoms with Gasteiger partial charge in [-0.25, -0.2) is 4.68 Å². The molecule has 0 fully saturated rings. The Morgan fingerprint density at radius 2 is 2.22 bits per heavy atom. The molecule has 96 valence electrons. The molecular formula is C11H13Br2N5. The van der Waals surface area contributed by atoms with E-state index in [4.69, 9.17) is 0 Å². The summed E-state index contributed by atoms with van der Waals surface area (Å²) in [5.74, 6) is 0. The Morgan fingerprint density at radius 1 is 1.44 bits per heavy atom. The molecule has 0 radical (unpaired) electrons. The van der Waals surface area contributed by atoms with Gasteiger partial charge in [-0.3, -0.25) is 4.98 Å². The molecule has 0 aromatic carbocycles. The lowest BCUT2D eigenvalue weighted by Gasteiger charge is -2.18. The Morgan fingerprint density at radius 3 is 2.78 bits per heavy atom. The number of rotatable bonds is 4. The summed E-state index contributed by atoms with van der Waals surface area (Å²) in [6.07, 6.45) is 1.78. The Balaban J connectivity index is 2.50. The molecule has 2 aromatic rings. The monoisotopic (exact) mass is 373 g/mol. The van der Waals surface area contributed by atoms with Gasteiger partial charge in [0.2, 0.25) is 0 Å². The molecule has 7 heteroatoms. The molecular weight excluding hydrogens is 362 g/mol. The second-order valence-electron chi connectivity index (χ2n) is 3.75. The summed E-state index contributed by atoms with van der Waals surface area (Å²) in [7, 11) is 1.87. The van der Waals surface area contributed by atoms with Crippen molar-refractivity contribution in [3.05, 3.63) is 38.8 Å². The van der Waals surface area contributed by atoms with Gasteiger partial charge in [0.1, 0.15) is 0 Å². The zero-order valence-electron chi connectivity index (χ0n) is 10.1. The molecule has 1 N–H and O–H groups in total. The molecule has 2 heterocycles. The van der Waals surface area contributed by atoms with Crippen LogP contribution in [0.5, 0.6) is 0 Å². The summed E-state index contributed by atoms with van der Waals surface area (Å²) < 4.78 is 3.44. The van der Waals surface area contributed by atoms with Gasteiger partial charge in [0.25, 0.3) is 0 Å². The van der Waals surface area contributed by atoms with Gasteiger partial charge in [0.05, 0.1) is 17.4 Å². The Hall–Kier alpha value is -0.790. The van der Waals surface area contributed by atoms with Crippen LogP contribution < -0.4 is 5.32 Å². The van der Waals surface area contributed by atoms with E-state index in [-0.39, 0.29) is 6.04 Å². The SMILES string of the molecule is CCNC(c1ncccc1Br)c1c(Br)nnn1C. The van der Waals surface area contributed by atoms with Crippen LogP contribution in [0, 0.1) is 0 Å². The van der Waals surface area contributed by atoms with E-state index in [1.807, 2.05) is 19.2 Å². The Bertz CT molecular complexity index is 520. The minimum absolute atomic E-state index is 0.0556. The van der Waals surface area contributed by atoms with Crippen molar-refractivity contribution in [3.8, 4) is 0 Å². The van der Waals surface area contributed by atoms with Crippen molar-refractivity contribution in [1.82, 2.24) is 25.3 Å². The van der Waals surface area contributed by atoms with Crippen molar-refractivity contribution in [1.29, 1.82) is 0 Å². The molecule has 0 bridgehead atoms. The third-order valence-electron chi connectivity index (χ3n) is 2.57. The highest BCUT2D eigenvalue weighted by Gasteiger charge is 2.23. The summed E-state index contributed by atoms with van der Waals surface area (Å²) in [4.78, 5) is 4.44. The van der Waals surface area contributed by atoms with Crippen LogP contribution in [0.1, 0.15) is 24.4 Å². The van der Waals surface area contributed by atoms with Gasteiger partial charge in [0.15, 0.2) is 4.60 Å². The molecule has 18 heavy (non-hydrogen) atoms. The molecule has 2 aromatic heterocycles. The number of nitrogens with one attached hydrogen (secondary N) is 1. The second kappa shape index (κ2) is 5.90. The number of aryl methyl sites for hydroxylation is 1. The lowest BCUT2D eigenvalue weighted by atomic mass is 10.1. The van der Waals surface area contributed by atoms with Crippen LogP contribution in [0.2, 0.25) is 0 Å². The van der Waals surface area contributed by atoms with Gasteiger partial charge in [-0.05, 0) is 50.5 Å². The third-order valence-corrected chi connectivity index (χ3v) is 3.80. The van der Waals surface area contributed by atoms with E-state index < -0.39 is 0 Å². The maximum atomic E-state index is 4.44. The number of hydrogen-bond donors (Lipinski definition) is 1. The number of hydrogen-bond acceptors (Lipinski definition) is 4. The Labute approximate surface area is 122 Å². The fourth-order valence-electron chi connectivity index (χ4n) is 1.78. The van der Waals surface area contributed by atoms with Crippen molar-refractivity contribution < 1.29 is 0 Å². The average Bonchev–Trinajstić information content (AvgIpc) is 2.68. The summed E-state index contributed by atoms with van der Waals surface area (Å²) in [6, 6.07) is 3.82. The molecule has 0 spiro atoms. The number of pyridine rings is 1. The van der Waals surface area contributed by atoms with Gasteiger partial charge in [-0.1, -0.05) is 12.1 Å². The number of halogens is 2. The highest BCUT2D eigenvalue weighted by atomic mass is 79.9. The zero-order valence-corrected chi connectivity index (χ0v) is 13.2. The Kier molecular flexibility index (Phi) is 4.47. The molecule has 0 aliphatic rings. The predicted molar refractivity (Wildman–Crippen MR) is 76.2 cm³/mol. The smallest absolute Gasteiger partial charge is 0.153 e. The first-order valence-electron chi connectivity index (χ1n) is 5.54. The number of nitrogens with zero attached hydrogens (tertiary/aromatic N) is 4. The first kappa shape index (κ1) is 13.6. The molecule has 5 nitrogen and oxygen atoms in total. The maximum Gasteiger partial charge on any atom is 0.153 e. The van der Waals surface area contributed by atoms with Gasteiger partial charge in [-0.15, -0.1) is 5.10 Å². The second-order valence-corrected chi connectivity index (χ2v) is 5.36. The van der Waals surface area contributed by atoms with Crippen molar-refractivity contribution >= 4 is 31.9 Å². The lowest BCUT2D eigenvalue weighted by molar-refractivity contribution is 0.555. The topological polar surface area (TPSA) is 55.6 Å². The molecule has 1 atom stereocenters. The van der Waals surface area contributed by atoms with E-state index >= 15 is 0 Å². The number of aromatic nitrogens is 4. The first-order valence-corrected chi connectivity index (χ1v) is 7.12. The zero-order chi connectivity index (χ0) is 13.1. The van der Waals surface area contributed by atoms with Gasteiger partial charge >= 0.3 is 0 Å². The van der Waals surface area contributed by atoms with Crippen molar-refractivity contribution in [2.75, 3.05) is 6.54 Å². The average molecular weight is 375 g/mol. The lowest BCUT2D eigenvalue weighted by Crippen LogP contribution is -2.25. The van der Waals surface area contributed by atoms with E-state index in [1.165, 1.54) is 0 Å². The fourth-order valence-corrected chi connectivity index (χ4v) is 2.82. The molecule has 0 saturated heterocycles. The molecule has 0 aliphatic carbocycles. The van der Waals surface area contributed by atoms with E-state index in [0.717, 1.165) is 27.0 Å². The summed E-state index contributed by atoms with van der Waals surface area (Å²) in [5.41, 5.74) is 1.88. The van der Waals surface area contributed by atoms with Crippen molar-refractivity contribution in [2.24, 2.45) is 7.05 Å². The molecule has 1 unspecified atom stereocenters. The van der Waals surface area contributed by atoms with Crippen LogP contribution in [0.15, 0.2) is 27.4 Å². The summed E-state index contributed by atoms with van der Waals surface area (Å²) >= 11 is 6.97. The van der Waals surface area contributed by atoms with Gasteiger partial charge < -0.3 is 5.32 Å². The minimum Gasteiger partial charge on any atom is -0.304 e. The maximum absolute atomic E-state index is 4.44. The fraction of sp³-hybridized carbons (Fsp3) is 0.364. The molecule has 0 amide bonds. The van der Waals surface area contributed by atoms with Gasteiger partial charge in [-0.2, -0.15) is 0 Å². The largest absolute Gasteiger partial charge is 0.304 e. The molecule has 2 rings (SSSR count). The molecule has 0 aliphatic heterocycles. The summed E-state index contributed by atoms with van der Waals surface area (Å²) in [5, 5.41) is 11.4. The van der Waals surface area contributed by atoms with E-state index in [2.05, 4.69) is 59.4 Å². The minimum atomic E-state index is -0.0556. The van der Waals surface area contributed by atoms with Crippen LogP contribution in [0.3, 0.4) is 0 Å². The highest BCUT2D eigenvalue weighted by Crippen LogP contribution is 2.29. The van der Waals surface area contributed by atoms with E-state index in [0.29, 0.717) is 0 Å². The highest BCUT2D eigenvalue weighted by molar-refractivity contribution is 9.10. The van der Waals surface area contributed by atoms with Crippen LogP contribution in [-0.4, -0.2) is 26.5 Å². The van der Waals surface area contributed by atoms with Crippen LogP contribution in [0.4, 0.5) is 0 Å². The van der Waals surface area contributed by atoms with E-state index in [1.54, 1.807) is 10.9 Å². The van der Waals surface area contributed by atoms with E-state index in [9.17, 15) is 0 Å². The molecule has 0 saturated carbocycles. The van der Waals surface area contributed by atoms with Crippen molar-refractivity contribution in [2.45, 2.75) is 13.0 Å². The van der Waals surface area contributed by atoms with Crippen molar-refractivity contribution in [3.63, 3.8) is 0 Å². The summed E-state index contributed by atoms with van der Waals surface area (Å²) in [6.45, 7) is 2.88. The quantitative estimate of drug-likeness (QED) is 0.892. The third kappa shape index (κ3) is 2.62. The predicted octanol–water partition coefficient (Wildman–Crippen LogP) is 2.43. The van der Waals surface area contributed by atoms with Crippen LogP contribution in [-0.2, 0) is 7.05 Å². The van der Waals surface area contributed by atoms with Crippen LogP contribution in [0.25, 0.3) is 0 Å². The normalized spacial score (nSPS) is 12.7. The van der Waals surface area contributed by atoms with Crippen LogP contribution >= 0.6 is 31.9 Å². The standard InChI is InChI=1S/C11H13Br2N5/c1-3-14-9(8-7(12)5-4-6-15-8)10-11(13)16-17-18(10)2/h4-6,9,14H,3H2,1-2H3. The first-order chi connectivity index (χ1) is 8.65. The van der Waals surface area contributed by atoms with Gasteiger partial charge in [0, 0.05) is 17.7 Å².